The summed E-state index contributed by atoms with van der Waals surface area (Å²) >= 11 is 1.46. The van der Waals surface area contributed by atoms with Crippen LogP contribution < -0.4 is 5.32 Å². The van der Waals surface area contributed by atoms with Crippen molar-refractivity contribution in [3.8, 4) is 0 Å². The van der Waals surface area contributed by atoms with Crippen LogP contribution in [0, 0.1) is 5.92 Å². The summed E-state index contributed by atoms with van der Waals surface area (Å²) in [5.41, 5.74) is 0.582. The van der Waals surface area contributed by atoms with E-state index in [9.17, 15) is 4.79 Å². The fourth-order valence-electron chi connectivity index (χ4n) is 2.39. The second kappa shape index (κ2) is 10.3. The maximum absolute atomic E-state index is 12.2. The fraction of sp³-hybridized carbons (Fsp3) is 0.476. The van der Waals surface area contributed by atoms with Crippen LogP contribution in [0.2, 0.25) is 0 Å². The summed E-state index contributed by atoms with van der Waals surface area (Å²) < 4.78 is 11.1. The third-order valence-corrected chi connectivity index (χ3v) is 4.76. The van der Waals surface area contributed by atoms with Gasteiger partial charge in [-0.3, -0.25) is 0 Å². The van der Waals surface area contributed by atoms with Crippen molar-refractivity contribution in [1.82, 2.24) is 15.5 Å². The summed E-state index contributed by atoms with van der Waals surface area (Å²) in [4.78, 5) is 12.2. The van der Waals surface area contributed by atoms with Crippen LogP contribution in [0.5, 0.6) is 0 Å². The van der Waals surface area contributed by atoms with Gasteiger partial charge in [0.15, 0.2) is 0 Å². The van der Waals surface area contributed by atoms with Crippen molar-refractivity contribution in [2.75, 3.05) is 5.75 Å². The number of nitrogens with one attached hydrogen (secondary N) is 1. The predicted octanol–water partition coefficient (Wildman–Crippen LogP) is 5.49. The minimum atomic E-state index is -0.564. The molecule has 0 aliphatic rings. The molecule has 1 amide bonds. The number of nitrogens with zero attached hydrogens (tertiary/aromatic N) is 2. The molecule has 1 N–H and O–H groups in total. The van der Waals surface area contributed by atoms with Gasteiger partial charge in [0.05, 0.1) is 0 Å². The Labute approximate surface area is 171 Å². The summed E-state index contributed by atoms with van der Waals surface area (Å²) in [7, 11) is 0. The van der Waals surface area contributed by atoms with Gasteiger partial charge in [0.1, 0.15) is 11.6 Å². The van der Waals surface area contributed by atoms with Gasteiger partial charge in [-0.2, -0.15) is 0 Å². The van der Waals surface area contributed by atoms with Crippen molar-refractivity contribution in [3.63, 3.8) is 0 Å². The molecule has 1 heterocycles. The van der Waals surface area contributed by atoms with E-state index in [1.807, 2.05) is 58.0 Å². The van der Waals surface area contributed by atoms with E-state index in [0.717, 1.165) is 12.0 Å². The highest BCUT2D eigenvalue weighted by molar-refractivity contribution is 7.99. The average molecular weight is 404 g/mol. The van der Waals surface area contributed by atoms with E-state index in [-0.39, 0.29) is 12.0 Å². The highest BCUT2D eigenvalue weighted by Gasteiger charge is 2.28. The Morgan fingerprint density at radius 3 is 2.64 bits per heavy atom. The number of rotatable bonds is 8. The lowest BCUT2D eigenvalue weighted by atomic mass is 9.99. The number of hydrogen-bond acceptors (Lipinski definition) is 6. The van der Waals surface area contributed by atoms with Gasteiger partial charge in [-0.05, 0) is 32.3 Å². The number of benzene rings is 1. The molecule has 0 fully saturated rings. The summed E-state index contributed by atoms with van der Waals surface area (Å²) in [5.74, 6) is 1.24. The van der Waals surface area contributed by atoms with Gasteiger partial charge >= 0.3 is 6.09 Å². The molecule has 2 unspecified atom stereocenters. The summed E-state index contributed by atoms with van der Waals surface area (Å²) in [6, 6.07) is 9.70. The largest absolute Gasteiger partial charge is 0.444 e. The third kappa shape index (κ3) is 7.38. The zero-order chi connectivity index (χ0) is 20.6. The first-order chi connectivity index (χ1) is 13.3. The van der Waals surface area contributed by atoms with Crippen LogP contribution >= 0.6 is 11.8 Å². The van der Waals surface area contributed by atoms with Crippen LogP contribution in [-0.2, 0) is 4.74 Å². The van der Waals surface area contributed by atoms with E-state index in [0.29, 0.717) is 16.9 Å². The van der Waals surface area contributed by atoms with Gasteiger partial charge in [0, 0.05) is 5.75 Å². The van der Waals surface area contributed by atoms with E-state index >= 15 is 0 Å². The van der Waals surface area contributed by atoms with E-state index in [4.69, 9.17) is 9.15 Å². The van der Waals surface area contributed by atoms with Gasteiger partial charge in [-0.1, -0.05) is 74.5 Å². The molecule has 7 heteroatoms. The Morgan fingerprint density at radius 1 is 1.29 bits per heavy atom. The van der Waals surface area contributed by atoms with Crippen LogP contribution in [0.3, 0.4) is 0 Å². The molecule has 1 aromatic carbocycles. The second-order valence-electron chi connectivity index (χ2n) is 7.54. The first-order valence-electron chi connectivity index (χ1n) is 9.45. The number of aromatic nitrogens is 2. The number of thioether (sulfide) groups is 1. The number of hydrogen-bond donors (Lipinski definition) is 1. The number of carbonyl (C=O) groups is 1. The molecule has 0 bridgehead atoms. The Kier molecular flexibility index (Phi) is 8.11. The number of ether oxygens (including phenoxy) is 1. The van der Waals surface area contributed by atoms with Crippen molar-refractivity contribution in [2.45, 2.75) is 57.9 Å². The average Bonchev–Trinajstić information content (AvgIpc) is 3.10. The Hall–Kier alpha value is -2.28. The first kappa shape index (κ1) is 22.0. The molecule has 1 aromatic heterocycles. The fourth-order valence-corrected chi connectivity index (χ4v) is 2.97. The van der Waals surface area contributed by atoms with Crippen LogP contribution in [-0.4, -0.2) is 27.6 Å². The monoisotopic (exact) mass is 403 g/mol. The molecule has 0 spiro atoms. The lowest BCUT2D eigenvalue weighted by Gasteiger charge is -2.24. The molecular weight excluding hydrogens is 374 g/mol. The first-order valence-corrected chi connectivity index (χ1v) is 10.4. The van der Waals surface area contributed by atoms with E-state index in [2.05, 4.69) is 34.6 Å². The summed E-state index contributed by atoms with van der Waals surface area (Å²) in [6.07, 6.45) is 4.46. The highest BCUT2D eigenvalue weighted by atomic mass is 32.2. The highest BCUT2D eigenvalue weighted by Crippen LogP contribution is 2.27. The standard InChI is InChI=1S/C21H29N3O3S/c1-6-15(2)17(22-19(25)27-21(3,4)5)18-23-24-20(26-18)28-14-10-13-16-11-8-7-9-12-16/h7-13,15,17H,6,14H2,1-5H3,(H,22,25). The zero-order valence-corrected chi connectivity index (χ0v) is 18.0. The molecule has 152 valence electrons. The Morgan fingerprint density at radius 2 is 2.00 bits per heavy atom. The molecule has 2 atom stereocenters. The second-order valence-corrected chi connectivity index (χ2v) is 8.51. The topological polar surface area (TPSA) is 77.2 Å². The lowest BCUT2D eigenvalue weighted by Crippen LogP contribution is -2.37. The molecule has 0 aliphatic carbocycles. The van der Waals surface area contributed by atoms with Crippen molar-refractivity contribution in [1.29, 1.82) is 0 Å². The van der Waals surface area contributed by atoms with Crippen molar-refractivity contribution in [3.05, 3.63) is 47.9 Å². The molecule has 0 saturated heterocycles. The summed E-state index contributed by atoms with van der Waals surface area (Å²) in [5, 5.41) is 11.6. The van der Waals surface area contributed by atoms with E-state index in [1.165, 1.54) is 11.8 Å². The van der Waals surface area contributed by atoms with E-state index in [1.54, 1.807) is 0 Å². The van der Waals surface area contributed by atoms with Crippen molar-refractivity contribution < 1.29 is 13.9 Å². The molecule has 0 radical (unpaired) electrons. The predicted molar refractivity (Wildman–Crippen MR) is 112 cm³/mol. The number of alkyl carbamates (subject to hydrolysis) is 1. The number of amides is 1. The Balaban J connectivity index is 1.97. The van der Waals surface area contributed by atoms with Crippen LogP contribution in [0.25, 0.3) is 6.08 Å². The van der Waals surface area contributed by atoms with Crippen LogP contribution in [0.4, 0.5) is 4.79 Å². The van der Waals surface area contributed by atoms with Gasteiger partial charge in [0.2, 0.25) is 5.89 Å². The third-order valence-electron chi connectivity index (χ3n) is 3.99. The molecule has 28 heavy (non-hydrogen) atoms. The Bertz CT molecular complexity index is 769. The molecule has 6 nitrogen and oxygen atoms in total. The number of carbonyl (C=O) groups excluding carboxylic acids is 1. The van der Waals surface area contributed by atoms with Gasteiger partial charge in [-0.15, -0.1) is 10.2 Å². The molecule has 2 rings (SSSR count). The molecular formula is C21H29N3O3S. The maximum Gasteiger partial charge on any atom is 0.408 e. The van der Waals surface area contributed by atoms with Crippen LogP contribution in [0.1, 0.15) is 58.5 Å². The molecule has 0 aliphatic heterocycles. The minimum absolute atomic E-state index is 0.129. The summed E-state index contributed by atoms with van der Waals surface area (Å²) in [6.45, 7) is 9.57. The van der Waals surface area contributed by atoms with Crippen molar-refractivity contribution >= 4 is 23.9 Å². The molecule has 2 aromatic rings. The van der Waals surface area contributed by atoms with Gasteiger partial charge < -0.3 is 14.5 Å². The smallest absolute Gasteiger partial charge is 0.408 e. The minimum Gasteiger partial charge on any atom is -0.444 e. The zero-order valence-electron chi connectivity index (χ0n) is 17.1. The SMILES string of the molecule is CCC(C)C(NC(=O)OC(C)(C)C)c1nnc(SCC=Cc2ccccc2)o1. The lowest BCUT2D eigenvalue weighted by molar-refractivity contribution is 0.0474. The van der Waals surface area contributed by atoms with Gasteiger partial charge in [0.25, 0.3) is 5.22 Å². The quantitative estimate of drug-likeness (QED) is 0.588. The normalized spacial score (nSPS) is 14.0. The van der Waals surface area contributed by atoms with Gasteiger partial charge in [-0.25, -0.2) is 4.79 Å². The van der Waals surface area contributed by atoms with Crippen LogP contribution in [0.15, 0.2) is 46.0 Å². The van der Waals surface area contributed by atoms with Crippen molar-refractivity contribution in [2.24, 2.45) is 5.92 Å². The molecule has 0 saturated carbocycles. The maximum atomic E-state index is 12.2. The van der Waals surface area contributed by atoms with E-state index < -0.39 is 11.7 Å².